The first-order valence-electron chi connectivity index (χ1n) is 16.8. The lowest BCUT2D eigenvalue weighted by atomic mass is 10.1. The van der Waals surface area contributed by atoms with Crippen LogP contribution in [0.5, 0.6) is 5.75 Å². The van der Waals surface area contributed by atoms with Gasteiger partial charge in [0.05, 0.1) is 43.6 Å². The summed E-state index contributed by atoms with van der Waals surface area (Å²) in [5.74, 6) is -3.56. The molecule has 0 aliphatic heterocycles. The number of carbonyl (C=O) groups is 1. The predicted molar refractivity (Wildman–Crippen MR) is 129 cm³/mol. The highest BCUT2D eigenvalue weighted by Gasteiger charge is 2.15. The molecule has 1 amide bonds. The van der Waals surface area contributed by atoms with Gasteiger partial charge in [-0.2, -0.15) is 5.26 Å². The number of nitrogens with zero attached hydrogens (tertiary/aromatic N) is 3. The highest BCUT2D eigenvalue weighted by molar-refractivity contribution is 6.31. The largest absolute Gasteiger partial charge is 0.492 e. The Morgan fingerprint density at radius 3 is 3.12 bits per heavy atom. The molecule has 7 nitrogen and oxygen atoms in total. The number of halogens is 2. The molecule has 0 fully saturated rings. The monoisotopic (exact) mass is 483 g/mol. The summed E-state index contributed by atoms with van der Waals surface area (Å²) in [5.41, 5.74) is -1.88. The van der Waals surface area contributed by atoms with Gasteiger partial charge in [-0.3, -0.25) is 9.78 Å². The summed E-state index contributed by atoms with van der Waals surface area (Å²) in [6, 6.07) is -1.30. The Balaban J connectivity index is 2.27. The van der Waals surface area contributed by atoms with Gasteiger partial charge in [-0.25, -0.2) is 4.39 Å². The standard InChI is InChI=1S/C24H23ClFN5O2/c1-4-33-22-12-20-17(11-21(22)30-23(32)6-5-9-31(2)3)24(15(13-27)14-28-20)29-16-7-8-19(26)18(25)10-16/h5-8,10-12,14H,4,9H2,1-3H3,(H,28,29)(H,30,32)/b6-5+/i1D3,2D3,3D3,4D2,5D,6D,7D,8D,10D. The molecule has 3 rings (SSSR count). The topological polar surface area (TPSA) is 90.3 Å². The van der Waals surface area contributed by atoms with Crippen LogP contribution >= 0.6 is 11.6 Å². The second-order valence-electron chi connectivity index (χ2n) is 6.07. The molecule has 2 aromatic carbocycles. The maximum atomic E-state index is 14.3. The normalized spacial score (nSPS) is 20.3. The van der Waals surface area contributed by atoms with E-state index in [4.69, 9.17) is 38.3 Å². The zero-order valence-electron chi connectivity index (χ0n) is 32.4. The van der Waals surface area contributed by atoms with Gasteiger partial charge in [-0.1, -0.05) is 17.7 Å². The smallest absolute Gasteiger partial charge is 0.248 e. The van der Waals surface area contributed by atoms with Gasteiger partial charge >= 0.3 is 0 Å². The molecular formula is C24H23ClFN5O2. The van der Waals surface area contributed by atoms with E-state index >= 15 is 0 Å². The number of amides is 1. The first-order valence-corrected chi connectivity index (χ1v) is 9.13. The minimum Gasteiger partial charge on any atom is -0.492 e. The summed E-state index contributed by atoms with van der Waals surface area (Å²) in [6.45, 7) is -14.6. The van der Waals surface area contributed by atoms with Crippen molar-refractivity contribution < 1.29 is 35.9 Å². The molecule has 9 heteroatoms. The molecule has 1 heterocycles. The van der Waals surface area contributed by atoms with Gasteiger partial charge in [0.25, 0.3) is 0 Å². The Labute approximate surface area is 218 Å². The average Bonchev–Trinajstić information content (AvgIpc) is 2.97. The molecule has 0 radical (unpaired) electrons. The van der Waals surface area contributed by atoms with Gasteiger partial charge in [0, 0.05) is 48.3 Å². The predicted octanol–water partition coefficient (Wildman–Crippen LogP) is 5.10. The van der Waals surface area contributed by atoms with E-state index in [1.807, 2.05) is 0 Å². The number of ether oxygens (including phenoxy) is 1. The Kier molecular flexibility index (Phi) is 3.43. The fourth-order valence-electron chi connectivity index (χ4n) is 2.58. The van der Waals surface area contributed by atoms with E-state index in [-0.39, 0.29) is 27.1 Å². The molecule has 0 unspecified atom stereocenters. The van der Waals surface area contributed by atoms with Crippen molar-refractivity contribution in [3.63, 3.8) is 0 Å². The van der Waals surface area contributed by atoms with E-state index < -0.39 is 98.0 Å². The van der Waals surface area contributed by atoms with Gasteiger partial charge in [-0.05, 0) is 45.0 Å². The SMILES string of the molecule is [2H]/C(CN(C([2H])([2H])[2H])C([2H])([2H])[2H])=C(/[2H])C(=O)Nc1cc2c(Nc3c([2H])c([2H])c(F)c(Cl)c3[2H])c(C#N)cnc2cc1OC([2H])([2H])C([2H])([2H])[2H]. The van der Waals surface area contributed by atoms with Crippen molar-refractivity contribution in [3.05, 3.63) is 65.0 Å². The molecule has 0 bridgehead atoms. The lowest BCUT2D eigenvalue weighted by molar-refractivity contribution is -0.111. The number of nitrogens with one attached hydrogen (secondary N) is 2. The molecule has 0 aliphatic carbocycles. The fraction of sp³-hybridized carbons (Fsp3) is 0.208. The third kappa shape index (κ3) is 5.98. The van der Waals surface area contributed by atoms with Crippen molar-refractivity contribution in [1.29, 1.82) is 5.26 Å². The molecule has 3 aromatic rings. The summed E-state index contributed by atoms with van der Waals surface area (Å²) in [5, 5.41) is 13.5. The number of carbonyl (C=O) groups excluding carboxylic acids is 1. The van der Waals surface area contributed by atoms with Gasteiger partial charge in [0.2, 0.25) is 5.91 Å². The van der Waals surface area contributed by atoms with Crippen LogP contribution in [0.2, 0.25) is 5.02 Å². The molecule has 170 valence electrons. The van der Waals surface area contributed by atoms with Crippen molar-refractivity contribution in [3.8, 4) is 11.8 Å². The van der Waals surface area contributed by atoms with Crippen LogP contribution in [-0.4, -0.2) is 42.8 Å². The van der Waals surface area contributed by atoms with Crippen molar-refractivity contribution in [2.45, 2.75) is 6.85 Å². The Morgan fingerprint density at radius 1 is 1.52 bits per heavy atom. The molecule has 0 saturated carbocycles. The number of likely N-dealkylation sites (N-methyl/N-ethyl adjacent to an activating group) is 1. The van der Waals surface area contributed by atoms with Crippen molar-refractivity contribution in [1.82, 2.24) is 9.88 Å². The summed E-state index contributed by atoms with van der Waals surface area (Å²) >= 11 is 5.82. The molecule has 0 atom stereocenters. The first-order chi connectivity index (χ1) is 22.2. The van der Waals surface area contributed by atoms with Crippen LogP contribution in [0.4, 0.5) is 21.5 Å². The van der Waals surface area contributed by atoms with Gasteiger partial charge in [-0.15, -0.1) is 0 Å². The van der Waals surface area contributed by atoms with E-state index in [1.165, 1.54) is 0 Å². The van der Waals surface area contributed by atoms with E-state index in [0.717, 1.165) is 18.3 Å². The zero-order chi connectivity index (χ0) is 37.6. The number of hydrogen-bond acceptors (Lipinski definition) is 6. The Hall–Kier alpha value is -3.67. The minimum atomic E-state index is -3.41. The number of rotatable bonds is 8. The van der Waals surface area contributed by atoms with E-state index in [0.29, 0.717) is 0 Å². The van der Waals surface area contributed by atoms with E-state index in [9.17, 15) is 14.4 Å². The fourth-order valence-corrected chi connectivity index (χ4v) is 2.73. The van der Waals surface area contributed by atoms with Crippen LogP contribution < -0.4 is 15.4 Å². The quantitative estimate of drug-likeness (QED) is 0.433. The van der Waals surface area contributed by atoms with Crippen molar-refractivity contribution in [2.75, 3.05) is 37.7 Å². The summed E-state index contributed by atoms with van der Waals surface area (Å²) in [7, 11) is 0. The van der Waals surface area contributed by atoms with Crippen LogP contribution in [0.1, 0.15) is 34.3 Å². The lowest BCUT2D eigenvalue weighted by Crippen LogP contribution is -2.13. The maximum Gasteiger partial charge on any atom is 0.248 e. The van der Waals surface area contributed by atoms with E-state index in [1.54, 1.807) is 6.07 Å². The average molecular weight is 484 g/mol. The first kappa shape index (κ1) is 10.5. The number of benzene rings is 2. The van der Waals surface area contributed by atoms with Crippen LogP contribution in [-0.2, 0) is 4.79 Å². The number of pyridine rings is 1. The maximum absolute atomic E-state index is 14.3. The third-order valence-corrected chi connectivity index (χ3v) is 4.17. The number of fused-ring (bicyclic) bond motifs is 1. The van der Waals surface area contributed by atoms with Crippen LogP contribution in [0.15, 0.2) is 48.6 Å². The Bertz CT molecular complexity index is 1850. The molecule has 0 saturated heterocycles. The van der Waals surface area contributed by atoms with E-state index in [2.05, 4.69) is 15.6 Å². The highest BCUT2D eigenvalue weighted by Crippen LogP contribution is 2.36. The summed E-state index contributed by atoms with van der Waals surface area (Å²) in [4.78, 5) is 17.1. The number of aromatic nitrogens is 1. The molecule has 1 aromatic heterocycles. The Morgan fingerprint density at radius 2 is 2.36 bits per heavy atom. The van der Waals surface area contributed by atoms with Gasteiger partial charge < -0.3 is 20.3 Å². The summed E-state index contributed by atoms with van der Waals surface area (Å²) < 4.78 is 143. The highest BCUT2D eigenvalue weighted by atomic mass is 35.5. The second kappa shape index (κ2) is 10.8. The van der Waals surface area contributed by atoms with Crippen LogP contribution in [0.3, 0.4) is 0 Å². The van der Waals surface area contributed by atoms with Crippen molar-refractivity contribution in [2.24, 2.45) is 0 Å². The number of anilines is 3. The van der Waals surface area contributed by atoms with Crippen LogP contribution in [0.25, 0.3) is 10.9 Å². The number of nitriles is 1. The molecule has 0 spiro atoms. The number of hydrogen-bond donors (Lipinski definition) is 2. The summed E-state index contributed by atoms with van der Waals surface area (Å²) in [6.07, 6.45) is 0.976. The van der Waals surface area contributed by atoms with Gasteiger partial charge in [0.1, 0.15) is 17.6 Å². The third-order valence-electron chi connectivity index (χ3n) is 3.91. The van der Waals surface area contributed by atoms with Crippen LogP contribution in [0, 0.1) is 17.1 Å². The lowest BCUT2D eigenvalue weighted by Gasteiger charge is -2.16. The second-order valence-corrected chi connectivity index (χ2v) is 6.45. The molecule has 33 heavy (non-hydrogen) atoms. The zero-order valence-corrected chi connectivity index (χ0v) is 17.1. The molecular weight excluding hydrogens is 445 g/mol. The molecule has 0 aliphatic rings. The van der Waals surface area contributed by atoms with Gasteiger partial charge in [0.15, 0.2) is 0 Å². The minimum absolute atomic E-state index is 0.0856. The molecule has 2 N–H and O–H groups in total. The van der Waals surface area contributed by atoms with Crippen molar-refractivity contribution >= 4 is 45.5 Å².